The van der Waals surface area contributed by atoms with Gasteiger partial charge >= 0.3 is 0 Å². The monoisotopic (exact) mass is 449 g/mol. The van der Waals surface area contributed by atoms with E-state index in [9.17, 15) is 4.39 Å². The Balaban J connectivity index is 2.23. The van der Waals surface area contributed by atoms with Crippen LogP contribution in [-0.2, 0) is 0 Å². The van der Waals surface area contributed by atoms with Gasteiger partial charge in [0.2, 0.25) is 0 Å². The summed E-state index contributed by atoms with van der Waals surface area (Å²) in [6, 6.07) is 10.9. The Labute approximate surface area is 137 Å². The molecule has 0 aliphatic heterocycles. The molecule has 0 saturated heterocycles. The molecule has 5 heteroatoms. The smallest absolute Gasteiger partial charge is 0.147 e. The summed E-state index contributed by atoms with van der Waals surface area (Å²) in [4.78, 5) is 0. The van der Waals surface area contributed by atoms with Gasteiger partial charge in [-0.2, -0.15) is 0 Å². The Hall–Kier alpha value is -0.390. The van der Waals surface area contributed by atoms with Crippen molar-refractivity contribution in [1.29, 1.82) is 0 Å². The first-order valence-corrected chi connectivity index (χ1v) is 8.02. The minimum absolute atomic E-state index is 0.00171. The normalized spacial score (nSPS) is 12.3. The van der Waals surface area contributed by atoms with Crippen molar-refractivity contribution in [3.63, 3.8) is 0 Å². The van der Waals surface area contributed by atoms with Crippen LogP contribution in [0.25, 0.3) is 0 Å². The molecule has 0 aliphatic carbocycles. The van der Waals surface area contributed by atoms with E-state index < -0.39 is 0 Å². The molecule has 0 aliphatic rings. The molecule has 0 saturated carbocycles. The molecule has 0 bridgehead atoms. The second-order valence-corrected chi connectivity index (χ2v) is 6.84. The first-order valence-electron chi connectivity index (χ1n) is 5.64. The molecule has 0 heterocycles. The highest BCUT2D eigenvalue weighted by Gasteiger charge is 2.11. The molecule has 0 fully saturated rings. The summed E-state index contributed by atoms with van der Waals surface area (Å²) >= 11 is 10.2. The zero-order valence-electron chi connectivity index (χ0n) is 10.1. The fourth-order valence-corrected chi connectivity index (χ4v) is 3.49. The molecule has 1 N–H and O–H groups in total. The van der Waals surface area contributed by atoms with Crippen LogP contribution in [0.2, 0.25) is 0 Å². The fraction of sp³-hybridized carbons (Fsp3) is 0.143. The van der Waals surface area contributed by atoms with Gasteiger partial charge in [0.15, 0.2) is 0 Å². The molecule has 0 amide bonds. The molecule has 1 unspecified atom stereocenters. The predicted octanol–water partition coefficient (Wildman–Crippen LogP) is 6.29. The van der Waals surface area contributed by atoms with E-state index in [2.05, 4.69) is 53.1 Å². The summed E-state index contributed by atoms with van der Waals surface area (Å²) in [6.45, 7) is 2.00. The van der Waals surface area contributed by atoms with Crippen LogP contribution >= 0.6 is 47.8 Å². The van der Waals surface area contributed by atoms with Crippen LogP contribution in [0.1, 0.15) is 18.5 Å². The Bertz CT molecular complexity index is 601. The van der Waals surface area contributed by atoms with Crippen LogP contribution in [0.5, 0.6) is 0 Å². The average Bonchev–Trinajstić information content (AvgIpc) is 2.32. The highest BCUT2D eigenvalue weighted by atomic mass is 79.9. The Morgan fingerprint density at radius 2 is 1.63 bits per heavy atom. The van der Waals surface area contributed by atoms with Crippen LogP contribution in [0, 0.1) is 5.82 Å². The van der Waals surface area contributed by atoms with Crippen molar-refractivity contribution >= 4 is 53.5 Å². The van der Waals surface area contributed by atoms with Gasteiger partial charge in [-0.05, 0) is 42.8 Å². The first-order chi connectivity index (χ1) is 8.97. The van der Waals surface area contributed by atoms with Gasteiger partial charge < -0.3 is 5.32 Å². The minimum atomic E-state index is -0.269. The fourth-order valence-electron chi connectivity index (χ4n) is 1.77. The van der Waals surface area contributed by atoms with Crippen molar-refractivity contribution in [1.82, 2.24) is 0 Å². The molecule has 2 rings (SSSR count). The predicted molar refractivity (Wildman–Crippen MR) is 88.0 cm³/mol. The quantitative estimate of drug-likeness (QED) is 0.578. The summed E-state index contributed by atoms with van der Waals surface area (Å²) in [6.07, 6.45) is 0. The Kier molecular flexibility index (Phi) is 5.03. The first kappa shape index (κ1) is 15.0. The summed E-state index contributed by atoms with van der Waals surface area (Å²) < 4.78 is 16.5. The van der Waals surface area contributed by atoms with E-state index in [1.54, 1.807) is 6.07 Å². The van der Waals surface area contributed by atoms with E-state index in [1.807, 2.05) is 31.2 Å². The topological polar surface area (TPSA) is 12.0 Å². The van der Waals surface area contributed by atoms with Crippen molar-refractivity contribution in [2.75, 3.05) is 5.32 Å². The van der Waals surface area contributed by atoms with Crippen molar-refractivity contribution in [3.05, 3.63) is 61.2 Å². The highest BCUT2D eigenvalue weighted by Crippen LogP contribution is 2.30. The van der Waals surface area contributed by atoms with Crippen molar-refractivity contribution in [2.24, 2.45) is 0 Å². The van der Waals surface area contributed by atoms with Crippen LogP contribution in [0.4, 0.5) is 10.1 Å². The van der Waals surface area contributed by atoms with Gasteiger partial charge in [0.1, 0.15) is 5.82 Å². The van der Waals surface area contributed by atoms with E-state index in [0.29, 0.717) is 5.69 Å². The number of benzene rings is 2. The number of hydrogen-bond donors (Lipinski definition) is 1. The second kappa shape index (κ2) is 6.37. The zero-order valence-corrected chi connectivity index (χ0v) is 14.8. The molecule has 2 aromatic carbocycles. The van der Waals surface area contributed by atoms with E-state index in [0.717, 1.165) is 19.0 Å². The lowest BCUT2D eigenvalue weighted by atomic mass is 10.1. The van der Waals surface area contributed by atoms with E-state index in [-0.39, 0.29) is 11.9 Å². The molecular weight excluding hydrogens is 441 g/mol. The van der Waals surface area contributed by atoms with Gasteiger partial charge in [0, 0.05) is 19.5 Å². The van der Waals surface area contributed by atoms with Gasteiger partial charge in [0.25, 0.3) is 0 Å². The number of anilines is 1. The third-order valence-corrected chi connectivity index (χ3v) is 4.41. The summed E-state index contributed by atoms with van der Waals surface area (Å²) in [5.74, 6) is -0.269. The summed E-state index contributed by atoms with van der Waals surface area (Å²) in [5.41, 5.74) is 1.57. The van der Waals surface area contributed by atoms with Crippen LogP contribution in [-0.4, -0.2) is 0 Å². The van der Waals surface area contributed by atoms with Crippen LogP contribution in [0.15, 0.2) is 49.8 Å². The van der Waals surface area contributed by atoms with Gasteiger partial charge in [-0.25, -0.2) is 4.39 Å². The van der Waals surface area contributed by atoms with E-state index >= 15 is 0 Å². The second-order valence-electron chi connectivity index (χ2n) is 4.16. The molecule has 0 aromatic heterocycles. The number of nitrogens with one attached hydrogen (secondary N) is 1. The average molecular weight is 452 g/mol. The van der Waals surface area contributed by atoms with Crippen molar-refractivity contribution < 1.29 is 4.39 Å². The van der Waals surface area contributed by atoms with Crippen LogP contribution in [0.3, 0.4) is 0 Å². The number of halogens is 4. The molecular formula is C14H11Br3FN. The molecule has 100 valence electrons. The lowest BCUT2D eigenvalue weighted by Gasteiger charge is -2.18. The lowest BCUT2D eigenvalue weighted by Crippen LogP contribution is -2.08. The van der Waals surface area contributed by atoms with Crippen LogP contribution < -0.4 is 5.32 Å². The SMILES string of the molecule is CC(Nc1ccc(Br)cc1F)c1ccc(Br)cc1Br. The highest BCUT2D eigenvalue weighted by molar-refractivity contribution is 9.11. The lowest BCUT2D eigenvalue weighted by molar-refractivity contribution is 0.626. The van der Waals surface area contributed by atoms with Crippen molar-refractivity contribution in [2.45, 2.75) is 13.0 Å². The third-order valence-electron chi connectivity index (χ3n) is 2.73. The Morgan fingerprint density at radius 1 is 1.00 bits per heavy atom. The number of rotatable bonds is 3. The van der Waals surface area contributed by atoms with Gasteiger partial charge in [-0.1, -0.05) is 53.9 Å². The largest absolute Gasteiger partial charge is 0.376 e. The molecule has 19 heavy (non-hydrogen) atoms. The summed E-state index contributed by atoms with van der Waals surface area (Å²) in [5, 5.41) is 3.17. The van der Waals surface area contributed by atoms with Gasteiger partial charge in [-0.3, -0.25) is 0 Å². The van der Waals surface area contributed by atoms with Gasteiger partial charge in [0.05, 0.1) is 5.69 Å². The molecule has 1 atom stereocenters. The van der Waals surface area contributed by atoms with Gasteiger partial charge in [-0.15, -0.1) is 0 Å². The zero-order chi connectivity index (χ0) is 14.0. The third kappa shape index (κ3) is 3.80. The molecule has 0 spiro atoms. The number of hydrogen-bond acceptors (Lipinski definition) is 1. The minimum Gasteiger partial charge on any atom is -0.376 e. The molecule has 2 aromatic rings. The molecule has 1 nitrogen and oxygen atoms in total. The maximum absolute atomic E-state index is 13.8. The summed E-state index contributed by atoms with van der Waals surface area (Å²) in [7, 11) is 0. The molecule has 0 radical (unpaired) electrons. The van der Waals surface area contributed by atoms with E-state index in [1.165, 1.54) is 6.07 Å². The van der Waals surface area contributed by atoms with Crippen molar-refractivity contribution in [3.8, 4) is 0 Å². The maximum atomic E-state index is 13.8. The maximum Gasteiger partial charge on any atom is 0.147 e. The van der Waals surface area contributed by atoms with E-state index in [4.69, 9.17) is 0 Å². The Morgan fingerprint density at radius 3 is 2.26 bits per heavy atom. The standard InChI is InChI=1S/C14H11Br3FN/c1-8(11-4-2-9(15)6-12(11)17)19-14-5-3-10(16)7-13(14)18/h2-8,19H,1H3.